The van der Waals surface area contributed by atoms with Crippen LogP contribution in [0.4, 0.5) is 0 Å². The van der Waals surface area contributed by atoms with Crippen molar-refractivity contribution in [1.82, 2.24) is 14.8 Å². The van der Waals surface area contributed by atoms with E-state index < -0.39 is 0 Å². The minimum absolute atomic E-state index is 0.958. The smallest absolute Gasteiger partial charge is 0.0713 e. The second-order valence-electron chi connectivity index (χ2n) is 8.34. The first-order valence-corrected chi connectivity index (χ1v) is 10.8. The molecule has 0 atom stereocenters. The Hall–Kier alpha value is -3.30. The molecule has 6 rings (SSSR count). The topological polar surface area (TPSA) is 22.3 Å². The monoisotopic (exact) mass is 391 g/mol. The van der Waals surface area contributed by atoms with Crippen molar-refractivity contribution in [3.63, 3.8) is 0 Å². The van der Waals surface area contributed by atoms with Crippen molar-refractivity contribution in [3.8, 4) is 0 Å². The Kier molecular flexibility index (Phi) is 4.21. The van der Waals surface area contributed by atoms with Crippen LogP contribution in [0.3, 0.4) is 0 Å². The molecule has 0 unspecified atom stereocenters. The number of rotatable bonds is 3. The number of nitrogens with one attached hydrogen (secondary N) is 1. The summed E-state index contributed by atoms with van der Waals surface area (Å²) in [5.41, 5.74) is 9.55. The molecule has 4 aromatic rings. The Morgan fingerprint density at radius 3 is 2.37 bits per heavy atom. The van der Waals surface area contributed by atoms with Crippen LogP contribution in [0.2, 0.25) is 0 Å². The Morgan fingerprint density at radius 2 is 1.53 bits per heavy atom. The summed E-state index contributed by atoms with van der Waals surface area (Å²) in [6.45, 7) is 3.96. The molecule has 0 bridgehead atoms. The Bertz CT molecular complexity index is 1220. The molecule has 3 nitrogen and oxygen atoms in total. The largest absolute Gasteiger partial charge is 0.356 e. The molecule has 30 heavy (non-hydrogen) atoms. The minimum atomic E-state index is 0.958. The van der Waals surface area contributed by atoms with Gasteiger partial charge >= 0.3 is 0 Å². The zero-order valence-corrected chi connectivity index (χ0v) is 17.0. The van der Waals surface area contributed by atoms with Crippen LogP contribution in [-0.2, 0) is 13.0 Å². The van der Waals surface area contributed by atoms with E-state index in [1.807, 2.05) is 0 Å². The van der Waals surface area contributed by atoms with Crippen molar-refractivity contribution in [2.75, 3.05) is 19.8 Å². The van der Waals surface area contributed by atoms with Crippen LogP contribution in [0, 0.1) is 0 Å². The second-order valence-corrected chi connectivity index (χ2v) is 8.34. The molecular weight excluding hydrogens is 366 g/mol. The lowest BCUT2D eigenvalue weighted by molar-refractivity contribution is 0.176. The summed E-state index contributed by atoms with van der Waals surface area (Å²) < 4.78 is 0. The molecule has 2 aliphatic heterocycles. The van der Waals surface area contributed by atoms with Crippen molar-refractivity contribution < 1.29 is 0 Å². The molecule has 0 fully saturated rings. The van der Waals surface area contributed by atoms with Crippen molar-refractivity contribution >= 4 is 22.2 Å². The first-order valence-electron chi connectivity index (χ1n) is 10.8. The molecule has 1 N–H and O–H groups in total. The summed E-state index contributed by atoms with van der Waals surface area (Å²) in [6.07, 6.45) is 1.09. The molecule has 0 spiro atoms. The number of hydrogen-bond acceptors (Lipinski definition) is 2. The molecule has 0 radical (unpaired) electrons. The van der Waals surface area contributed by atoms with Gasteiger partial charge in [0.25, 0.3) is 0 Å². The fourth-order valence-corrected chi connectivity index (χ4v) is 5.07. The zero-order chi connectivity index (χ0) is 19.9. The summed E-state index contributed by atoms with van der Waals surface area (Å²) in [6, 6.07) is 30.5. The lowest BCUT2D eigenvalue weighted by Gasteiger charge is -2.42. The van der Waals surface area contributed by atoms with Gasteiger partial charge in [-0.25, -0.2) is 0 Å². The van der Waals surface area contributed by atoms with Crippen LogP contribution in [-0.4, -0.2) is 34.5 Å². The van der Waals surface area contributed by atoms with Crippen LogP contribution in [0.5, 0.6) is 0 Å². The van der Waals surface area contributed by atoms with Gasteiger partial charge in [-0.1, -0.05) is 78.9 Å². The molecular formula is C27H25N3. The second kappa shape index (κ2) is 7.19. The first kappa shape index (κ1) is 17.5. The minimum Gasteiger partial charge on any atom is -0.356 e. The number of benzene rings is 3. The third kappa shape index (κ3) is 2.94. The van der Waals surface area contributed by atoms with E-state index in [9.17, 15) is 0 Å². The van der Waals surface area contributed by atoms with Crippen LogP contribution >= 0.6 is 0 Å². The van der Waals surface area contributed by atoms with Crippen LogP contribution < -0.4 is 0 Å². The highest BCUT2D eigenvalue weighted by molar-refractivity contribution is 5.97. The van der Waals surface area contributed by atoms with Crippen LogP contribution in [0.15, 0.2) is 84.9 Å². The van der Waals surface area contributed by atoms with Gasteiger partial charge < -0.3 is 9.88 Å². The van der Waals surface area contributed by atoms with Gasteiger partial charge in [0.2, 0.25) is 0 Å². The van der Waals surface area contributed by atoms with E-state index in [1.165, 1.54) is 44.6 Å². The number of fused-ring (bicyclic) bond motifs is 5. The average molecular weight is 392 g/mol. The van der Waals surface area contributed by atoms with Gasteiger partial charge in [-0.15, -0.1) is 0 Å². The molecule has 3 aromatic carbocycles. The zero-order valence-electron chi connectivity index (χ0n) is 17.0. The summed E-state index contributed by atoms with van der Waals surface area (Å²) in [5.74, 6) is 0. The summed E-state index contributed by atoms with van der Waals surface area (Å²) in [7, 11) is 0. The predicted molar refractivity (Wildman–Crippen MR) is 124 cm³/mol. The van der Waals surface area contributed by atoms with Crippen LogP contribution in [0.25, 0.3) is 22.2 Å². The molecule has 148 valence electrons. The lowest BCUT2D eigenvalue weighted by Crippen LogP contribution is -2.45. The van der Waals surface area contributed by atoms with Crippen molar-refractivity contribution in [3.05, 3.63) is 107 Å². The van der Waals surface area contributed by atoms with Gasteiger partial charge in [-0.05, 0) is 34.8 Å². The Balaban J connectivity index is 1.49. The third-order valence-corrected chi connectivity index (χ3v) is 6.41. The summed E-state index contributed by atoms with van der Waals surface area (Å²) in [4.78, 5) is 8.90. The van der Waals surface area contributed by atoms with E-state index >= 15 is 0 Å². The molecule has 0 saturated carbocycles. The quantitative estimate of drug-likeness (QED) is 0.507. The Labute approximate surface area is 177 Å². The van der Waals surface area contributed by atoms with E-state index in [1.54, 1.807) is 0 Å². The third-order valence-electron chi connectivity index (χ3n) is 6.41. The van der Waals surface area contributed by atoms with Crippen molar-refractivity contribution in [2.45, 2.75) is 13.0 Å². The van der Waals surface area contributed by atoms with E-state index in [-0.39, 0.29) is 0 Å². The maximum atomic E-state index is 3.76. The predicted octanol–water partition coefficient (Wildman–Crippen LogP) is 5.37. The van der Waals surface area contributed by atoms with Crippen molar-refractivity contribution in [2.24, 2.45) is 0 Å². The summed E-state index contributed by atoms with van der Waals surface area (Å²) >= 11 is 0. The molecule has 3 heterocycles. The molecule has 3 heteroatoms. The fourth-order valence-electron chi connectivity index (χ4n) is 5.07. The summed E-state index contributed by atoms with van der Waals surface area (Å²) in [5, 5.41) is 1.37. The molecule has 0 saturated heterocycles. The van der Waals surface area contributed by atoms with Crippen LogP contribution in [0.1, 0.15) is 22.4 Å². The molecule has 2 aliphatic rings. The maximum absolute atomic E-state index is 3.76. The van der Waals surface area contributed by atoms with E-state index in [2.05, 4.69) is 99.7 Å². The number of para-hydroxylation sites is 1. The number of H-pyrrole nitrogens is 1. The van der Waals surface area contributed by atoms with Gasteiger partial charge in [0.1, 0.15) is 0 Å². The number of aromatic nitrogens is 1. The standard InChI is InChI=1S/C27H25N3/c1-3-9-20(10-4-1)17-29-18-24(21-11-5-2-6-12-21)27-26-23(15-16-30(27)19-29)22-13-7-8-14-25(22)28-26/h1-14,28H,15-19H2. The first-order chi connectivity index (χ1) is 14.9. The molecule has 1 aromatic heterocycles. The average Bonchev–Trinajstić information content (AvgIpc) is 3.18. The lowest BCUT2D eigenvalue weighted by atomic mass is 9.93. The SMILES string of the molecule is c1ccc(CN2CC(c3ccccc3)=C3c4[nH]c5ccccc5c4CCN3C2)cc1. The molecule has 0 amide bonds. The van der Waals surface area contributed by atoms with Crippen molar-refractivity contribution in [1.29, 1.82) is 0 Å². The number of nitrogens with zero attached hydrogens (tertiary/aromatic N) is 2. The van der Waals surface area contributed by atoms with Gasteiger partial charge in [0, 0.05) is 30.5 Å². The van der Waals surface area contributed by atoms with Gasteiger partial charge in [0.15, 0.2) is 0 Å². The van der Waals surface area contributed by atoms with E-state index in [0.717, 1.165) is 32.7 Å². The number of hydrogen-bond donors (Lipinski definition) is 1. The van der Waals surface area contributed by atoms with Gasteiger partial charge in [-0.3, -0.25) is 4.90 Å². The highest BCUT2D eigenvalue weighted by Crippen LogP contribution is 2.40. The Morgan fingerprint density at radius 1 is 0.800 bits per heavy atom. The normalized spacial score (nSPS) is 16.6. The highest BCUT2D eigenvalue weighted by Gasteiger charge is 2.32. The fraction of sp³-hybridized carbons (Fsp3) is 0.185. The highest BCUT2D eigenvalue weighted by atomic mass is 15.3. The molecule has 0 aliphatic carbocycles. The number of aromatic amines is 1. The van der Waals surface area contributed by atoms with Gasteiger partial charge in [0.05, 0.1) is 18.1 Å². The van der Waals surface area contributed by atoms with Gasteiger partial charge in [-0.2, -0.15) is 0 Å². The van der Waals surface area contributed by atoms with E-state index in [0.29, 0.717) is 0 Å². The maximum Gasteiger partial charge on any atom is 0.0713 e. The van der Waals surface area contributed by atoms with E-state index in [4.69, 9.17) is 0 Å².